The first-order valence-corrected chi connectivity index (χ1v) is 9.27. The van der Waals surface area contributed by atoms with E-state index in [1.165, 1.54) is 24.3 Å². The number of piperidine rings is 1. The van der Waals surface area contributed by atoms with Crippen molar-refractivity contribution in [1.82, 2.24) is 0 Å². The molecule has 4 nitrogen and oxygen atoms in total. The number of nitrogens with one attached hydrogen (secondary N) is 1. The van der Waals surface area contributed by atoms with Crippen LogP contribution in [0.4, 0.5) is 20.2 Å². The first kappa shape index (κ1) is 16.7. The standard InChI is InChI=1S/C17H18F2N2O2S/c18-13-4-7-15(8-5-13)24(22,23)20-16-12-14(19)6-9-17(16)21-10-2-1-3-11-21/h4-9,12,20H,1-3,10-11H2. The molecule has 0 bridgehead atoms. The third-order valence-electron chi connectivity index (χ3n) is 4.02. The Kier molecular flexibility index (Phi) is 4.71. The summed E-state index contributed by atoms with van der Waals surface area (Å²) in [5.41, 5.74) is 0.850. The third-order valence-corrected chi connectivity index (χ3v) is 5.41. The van der Waals surface area contributed by atoms with Gasteiger partial charge < -0.3 is 4.90 Å². The van der Waals surface area contributed by atoms with E-state index < -0.39 is 21.7 Å². The second-order valence-electron chi connectivity index (χ2n) is 5.77. The second kappa shape index (κ2) is 6.76. The van der Waals surface area contributed by atoms with E-state index in [0.717, 1.165) is 44.5 Å². The summed E-state index contributed by atoms with van der Waals surface area (Å²) in [6.45, 7) is 1.60. The molecule has 0 aromatic heterocycles. The average Bonchev–Trinajstić information content (AvgIpc) is 2.56. The topological polar surface area (TPSA) is 49.4 Å². The van der Waals surface area contributed by atoms with Crippen molar-refractivity contribution in [3.8, 4) is 0 Å². The van der Waals surface area contributed by atoms with E-state index in [2.05, 4.69) is 4.72 Å². The summed E-state index contributed by atoms with van der Waals surface area (Å²) in [5, 5.41) is 0. The zero-order valence-electron chi connectivity index (χ0n) is 13.0. The maximum atomic E-state index is 13.6. The molecular formula is C17H18F2N2O2S. The van der Waals surface area contributed by atoms with E-state index in [1.807, 2.05) is 4.90 Å². The Hall–Kier alpha value is -2.15. The van der Waals surface area contributed by atoms with Crippen LogP contribution in [0.1, 0.15) is 19.3 Å². The van der Waals surface area contributed by atoms with Crippen molar-refractivity contribution in [1.29, 1.82) is 0 Å². The van der Waals surface area contributed by atoms with Crippen LogP contribution in [0.15, 0.2) is 47.4 Å². The molecule has 2 aromatic carbocycles. The fourth-order valence-electron chi connectivity index (χ4n) is 2.82. The third kappa shape index (κ3) is 3.67. The quantitative estimate of drug-likeness (QED) is 0.912. The van der Waals surface area contributed by atoms with E-state index in [9.17, 15) is 17.2 Å². The molecule has 0 spiro atoms. The summed E-state index contributed by atoms with van der Waals surface area (Å²) in [6.07, 6.45) is 3.16. The van der Waals surface area contributed by atoms with Gasteiger partial charge in [-0.2, -0.15) is 0 Å². The molecular weight excluding hydrogens is 334 g/mol. The molecule has 0 radical (unpaired) electrons. The van der Waals surface area contributed by atoms with Gasteiger partial charge >= 0.3 is 0 Å². The first-order valence-electron chi connectivity index (χ1n) is 7.79. The van der Waals surface area contributed by atoms with Crippen LogP contribution in [0.3, 0.4) is 0 Å². The van der Waals surface area contributed by atoms with Gasteiger partial charge in [-0.25, -0.2) is 17.2 Å². The molecule has 128 valence electrons. The van der Waals surface area contributed by atoms with Crippen molar-refractivity contribution in [3.63, 3.8) is 0 Å². The van der Waals surface area contributed by atoms with Crippen LogP contribution >= 0.6 is 0 Å². The lowest BCUT2D eigenvalue weighted by molar-refractivity contribution is 0.577. The van der Waals surface area contributed by atoms with Crippen LogP contribution in [-0.4, -0.2) is 21.5 Å². The Balaban J connectivity index is 1.93. The number of nitrogens with zero attached hydrogens (tertiary/aromatic N) is 1. The number of hydrogen-bond donors (Lipinski definition) is 1. The van der Waals surface area contributed by atoms with Crippen LogP contribution in [-0.2, 0) is 10.0 Å². The molecule has 0 unspecified atom stereocenters. The van der Waals surface area contributed by atoms with Crippen LogP contribution in [0.2, 0.25) is 0 Å². The predicted molar refractivity (Wildman–Crippen MR) is 89.7 cm³/mol. The van der Waals surface area contributed by atoms with Gasteiger partial charge in [-0.15, -0.1) is 0 Å². The van der Waals surface area contributed by atoms with Gasteiger partial charge in [0.2, 0.25) is 0 Å². The summed E-state index contributed by atoms with van der Waals surface area (Å²) in [5.74, 6) is -1.04. The lowest BCUT2D eigenvalue weighted by Gasteiger charge is -2.30. The Labute approximate surface area is 140 Å². The van der Waals surface area contributed by atoms with Gasteiger partial charge in [-0.3, -0.25) is 4.72 Å². The van der Waals surface area contributed by atoms with Crippen molar-refractivity contribution < 1.29 is 17.2 Å². The van der Waals surface area contributed by atoms with Crippen LogP contribution in [0.5, 0.6) is 0 Å². The zero-order valence-corrected chi connectivity index (χ0v) is 13.8. The summed E-state index contributed by atoms with van der Waals surface area (Å²) >= 11 is 0. The maximum Gasteiger partial charge on any atom is 0.261 e. The van der Waals surface area contributed by atoms with Gasteiger partial charge in [0.15, 0.2) is 0 Å². The molecule has 7 heteroatoms. The molecule has 1 heterocycles. The van der Waals surface area contributed by atoms with Crippen molar-refractivity contribution in [3.05, 3.63) is 54.1 Å². The number of rotatable bonds is 4. The highest BCUT2D eigenvalue weighted by molar-refractivity contribution is 7.92. The van der Waals surface area contributed by atoms with E-state index in [-0.39, 0.29) is 10.6 Å². The Morgan fingerprint density at radius 2 is 1.50 bits per heavy atom. The van der Waals surface area contributed by atoms with E-state index >= 15 is 0 Å². The molecule has 1 saturated heterocycles. The number of halogens is 2. The number of sulfonamides is 1. The highest BCUT2D eigenvalue weighted by Crippen LogP contribution is 2.31. The van der Waals surface area contributed by atoms with Gasteiger partial charge in [0, 0.05) is 19.2 Å². The molecule has 0 aliphatic carbocycles. The number of hydrogen-bond acceptors (Lipinski definition) is 3. The van der Waals surface area contributed by atoms with Crippen molar-refractivity contribution in [2.24, 2.45) is 0 Å². The Bertz CT molecular complexity index is 817. The summed E-state index contributed by atoms with van der Waals surface area (Å²) in [7, 11) is -3.92. The van der Waals surface area contributed by atoms with Crippen LogP contribution < -0.4 is 9.62 Å². The minimum Gasteiger partial charge on any atom is -0.370 e. The fraction of sp³-hybridized carbons (Fsp3) is 0.294. The largest absolute Gasteiger partial charge is 0.370 e. The van der Waals surface area contributed by atoms with Crippen molar-refractivity contribution in [2.45, 2.75) is 24.2 Å². The molecule has 1 N–H and O–H groups in total. The van der Waals surface area contributed by atoms with Crippen molar-refractivity contribution >= 4 is 21.4 Å². The smallest absolute Gasteiger partial charge is 0.261 e. The lowest BCUT2D eigenvalue weighted by atomic mass is 10.1. The van der Waals surface area contributed by atoms with Gasteiger partial charge in [0.25, 0.3) is 10.0 Å². The van der Waals surface area contributed by atoms with Crippen molar-refractivity contribution in [2.75, 3.05) is 22.7 Å². The molecule has 0 atom stereocenters. The molecule has 24 heavy (non-hydrogen) atoms. The maximum absolute atomic E-state index is 13.6. The summed E-state index contributed by atoms with van der Waals surface area (Å²) < 4.78 is 54.0. The molecule has 1 aliphatic heterocycles. The SMILES string of the molecule is O=S(=O)(Nc1cc(F)ccc1N1CCCCC1)c1ccc(F)cc1. The predicted octanol–water partition coefficient (Wildman–Crippen LogP) is 3.76. The first-order chi connectivity index (χ1) is 11.5. The zero-order chi connectivity index (χ0) is 17.2. The van der Waals surface area contributed by atoms with E-state index in [4.69, 9.17) is 0 Å². The number of anilines is 2. The second-order valence-corrected chi connectivity index (χ2v) is 7.45. The van der Waals surface area contributed by atoms with Gasteiger partial charge in [-0.05, 0) is 55.7 Å². The fourth-order valence-corrected chi connectivity index (χ4v) is 3.88. The minimum absolute atomic E-state index is 0.0715. The highest BCUT2D eigenvalue weighted by atomic mass is 32.2. The molecule has 0 saturated carbocycles. The Morgan fingerprint density at radius 3 is 2.17 bits per heavy atom. The van der Waals surface area contributed by atoms with Crippen LogP contribution in [0.25, 0.3) is 0 Å². The summed E-state index contributed by atoms with van der Waals surface area (Å²) in [4.78, 5) is 1.98. The normalized spacial score (nSPS) is 15.3. The molecule has 1 aliphatic rings. The highest BCUT2D eigenvalue weighted by Gasteiger charge is 2.20. The van der Waals surface area contributed by atoms with Gasteiger partial charge in [-0.1, -0.05) is 0 Å². The molecule has 2 aromatic rings. The lowest BCUT2D eigenvalue weighted by Crippen LogP contribution is -2.30. The minimum atomic E-state index is -3.92. The average molecular weight is 352 g/mol. The van der Waals surface area contributed by atoms with E-state index in [0.29, 0.717) is 5.69 Å². The molecule has 1 fully saturated rings. The van der Waals surface area contributed by atoms with Crippen LogP contribution in [0, 0.1) is 11.6 Å². The Morgan fingerprint density at radius 1 is 0.875 bits per heavy atom. The molecule has 3 rings (SSSR count). The van der Waals surface area contributed by atoms with E-state index in [1.54, 1.807) is 6.07 Å². The van der Waals surface area contributed by atoms with Gasteiger partial charge in [0.05, 0.1) is 16.3 Å². The van der Waals surface area contributed by atoms with Gasteiger partial charge in [0.1, 0.15) is 11.6 Å². The monoisotopic (exact) mass is 352 g/mol. The summed E-state index contributed by atoms with van der Waals surface area (Å²) in [6, 6.07) is 8.58. The molecule has 0 amide bonds. The number of benzene rings is 2.